The summed E-state index contributed by atoms with van der Waals surface area (Å²) < 4.78 is 0. The lowest BCUT2D eigenvalue weighted by molar-refractivity contribution is -0.142. The molecule has 21 heavy (non-hydrogen) atoms. The summed E-state index contributed by atoms with van der Waals surface area (Å²) >= 11 is 6.20. The van der Waals surface area contributed by atoms with Crippen LogP contribution in [0.15, 0.2) is 12.1 Å². The van der Waals surface area contributed by atoms with E-state index in [0.29, 0.717) is 29.3 Å². The Labute approximate surface area is 130 Å². The van der Waals surface area contributed by atoms with Crippen LogP contribution in [0, 0.1) is 31.6 Å². The largest absolute Gasteiger partial charge is 0.481 e. The number of carboxylic acid groups (broad SMARTS) is 1. The van der Waals surface area contributed by atoms with E-state index in [2.05, 4.69) is 0 Å². The minimum Gasteiger partial charge on any atom is -0.481 e. The molecule has 1 aliphatic rings. The lowest BCUT2D eigenvalue weighted by Crippen LogP contribution is -2.25. The van der Waals surface area contributed by atoms with Crippen molar-refractivity contribution in [3.05, 3.63) is 33.8 Å². The van der Waals surface area contributed by atoms with Gasteiger partial charge in [-0.2, -0.15) is 0 Å². The molecule has 0 heterocycles. The SMILES string of the molecule is CCC1CC(C(=O)O)C(C(=O)c2cc(C)c(C)cc2Cl)C1. The number of hydrogen-bond donors (Lipinski definition) is 1. The van der Waals surface area contributed by atoms with Crippen molar-refractivity contribution in [1.82, 2.24) is 0 Å². The molecule has 0 amide bonds. The summed E-state index contributed by atoms with van der Waals surface area (Å²) in [5, 5.41) is 9.80. The number of halogens is 1. The highest BCUT2D eigenvalue weighted by atomic mass is 35.5. The van der Waals surface area contributed by atoms with Crippen molar-refractivity contribution in [3.63, 3.8) is 0 Å². The van der Waals surface area contributed by atoms with E-state index in [9.17, 15) is 14.7 Å². The monoisotopic (exact) mass is 308 g/mol. The summed E-state index contributed by atoms with van der Waals surface area (Å²) in [6.07, 6.45) is 2.15. The third-order valence-electron chi connectivity index (χ3n) is 4.74. The fraction of sp³-hybridized carbons (Fsp3) is 0.529. The summed E-state index contributed by atoms with van der Waals surface area (Å²) in [6.45, 7) is 5.91. The van der Waals surface area contributed by atoms with Gasteiger partial charge in [-0.15, -0.1) is 0 Å². The van der Waals surface area contributed by atoms with Crippen molar-refractivity contribution < 1.29 is 14.7 Å². The second-order valence-corrected chi connectivity index (χ2v) is 6.48. The van der Waals surface area contributed by atoms with Crippen molar-refractivity contribution in [2.45, 2.75) is 40.0 Å². The molecule has 3 unspecified atom stereocenters. The normalized spacial score (nSPS) is 25.0. The molecule has 1 aliphatic carbocycles. The van der Waals surface area contributed by atoms with Gasteiger partial charge >= 0.3 is 5.97 Å². The molecule has 1 aromatic rings. The number of aliphatic carboxylic acids is 1. The fourth-order valence-electron chi connectivity index (χ4n) is 3.21. The van der Waals surface area contributed by atoms with Crippen molar-refractivity contribution >= 4 is 23.4 Å². The van der Waals surface area contributed by atoms with Gasteiger partial charge in [0.2, 0.25) is 0 Å². The topological polar surface area (TPSA) is 54.4 Å². The number of hydrogen-bond acceptors (Lipinski definition) is 2. The average molecular weight is 309 g/mol. The van der Waals surface area contributed by atoms with Crippen LogP contribution in [0.25, 0.3) is 0 Å². The van der Waals surface area contributed by atoms with E-state index < -0.39 is 17.8 Å². The first-order valence-electron chi connectivity index (χ1n) is 7.38. The van der Waals surface area contributed by atoms with E-state index in [1.54, 1.807) is 12.1 Å². The Hall–Kier alpha value is -1.35. The van der Waals surface area contributed by atoms with Gasteiger partial charge in [0.25, 0.3) is 0 Å². The Morgan fingerprint density at radius 2 is 1.76 bits per heavy atom. The number of carbonyl (C=O) groups is 2. The molecule has 2 rings (SSSR count). The van der Waals surface area contributed by atoms with Crippen LogP contribution in [0.1, 0.15) is 47.7 Å². The molecule has 0 bridgehead atoms. The average Bonchev–Trinajstić information content (AvgIpc) is 2.86. The predicted octanol–water partition coefficient (Wildman–Crippen LogP) is 4.28. The number of rotatable bonds is 4. The molecule has 3 atom stereocenters. The highest BCUT2D eigenvalue weighted by Gasteiger charge is 2.42. The summed E-state index contributed by atoms with van der Waals surface area (Å²) in [6, 6.07) is 3.57. The van der Waals surface area contributed by atoms with Gasteiger partial charge in [-0.25, -0.2) is 0 Å². The first-order chi connectivity index (χ1) is 9.85. The fourth-order valence-corrected chi connectivity index (χ4v) is 3.52. The van der Waals surface area contributed by atoms with Crippen LogP contribution in [-0.2, 0) is 4.79 Å². The Bertz CT molecular complexity index is 580. The Balaban J connectivity index is 2.34. The minimum absolute atomic E-state index is 0.119. The Kier molecular flexibility index (Phi) is 4.72. The predicted molar refractivity (Wildman–Crippen MR) is 82.9 cm³/mol. The van der Waals surface area contributed by atoms with E-state index in [-0.39, 0.29) is 5.78 Å². The molecular weight excluding hydrogens is 288 g/mol. The summed E-state index contributed by atoms with van der Waals surface area (Å²) in [5.74, 6) is -1.71. The highest BCUT2D eigenvalue weighted by molar-refractivity contribution is 6.34. The van der Waals surface area contributed by atoms with Gasteiger partial charge in [0.1, 0.15) is 0 Å². The lowest BCUT2D eigenvalue weighted by Gasteiger charge is -2.16. The maximum atomic E-state index is 12.8. The van der Waals surface area contributed by atoms with Gasteiger partial charge < -0.3 is 5.11 Å². The number of ketones is 1. The molecule has 0 aromatic heterocycles. The van der Waals surface area contributed by atoms with Gasteiger partial charge in [0, 0.05) is 11.5 Å². The van der Waals surface area contributed by atoms with E-state index in [1.807, 2.05) is 20.8 Å². The van der Waals surface area contributed by atoms with E-state index in [1.165, 1.54) is 0 Å². The van der Waals surface area contributed by atoms with Crippen LogP contribution in [-0.4, -0.2) is 16.9 Å². The molecule has 1 saturated carbocycles. The van der Waals surface area contributed by atoms with Crippen LogP contribution in [0.3, 0.4) is 0 Å². The van der Waals surface area contributed by atoms with Crippen LogP contribution >= 0.6 is 11.6 Å². The van der Waals surface area contributed by atoms with Crippen LogP contribution in [0.5, 0.6) is 0 Å². The first kappa shape index (κ1) is 16.0. The van der Waals surface area contributed by atoms with E-state index in [4.69, 9.17) is 11.6 Å². The van der Waals surface area contributed by atoms with Crippen LogP contribution in [0.2, 0.25) is 5.02 Å². The minimum atomic E-state index is -0.871. The number of carboxylic acids is 1. The van der Waals surface area contributed by atoms with Crippen molar-refractivity contribution in [2.24, 2.45) is 17.8 Å². The second-order valence-electron chi connectivity index (χ2n) is 6.08. The quantitative estimate of drug-likeness (QED) is 0.845. The van der Waals surface area contributed by atoms with Crippen molar-refractivity contribution in [3.8, 4) is 0 Å². The zero-order valence-electron chi connectivity index (χ0n) is 12.6. The third-order valence-corrected chi connectivity index (χ3v) is 5.05. The van der Waals surface area contributed by atoms with Gasteiger partial charge in [0.05, 0.1) is 10.9 Å². The molecule has 3 nitrogen and oxygen atoms in total. The Morgan fingerprint density at radius 3 is 2.33 bits per heavy atom. The molecule has 1 fully saturated rings. The van der Waals surface area contributed by atoms with Crippen LogP contribution in [0.4, 0.5) is 0 Å². The second kappa shape index (κ2) is 6.18. The maximum absolute atomic E-state index is 12.8. The molecule has 0 radical (unpaired) electrons. The summed E-state index contributed by atoms with van der Waals surface area (Å²) in [5.41, 5.74) is 2.50. The van der Waals surface area contributed by atoms with Gasteiger partial charge in [-0.05, 0) is 55.9 Å². The standard InChI is InChI=1S/C17H21ClO3/c1-4-11-7-12(13(8-11)17(20)21)16(19)14-5-9(2)10(3)6-15(14)18/h5-6,11-13H,4,7-8H2,1-3H3,(H,20,21). The first-order valence-corrected chi connectivity index (χ1v) is 7.76. The van der Waals surface area contributed by atoms with Gasteiger partial charge in [-0.1, -0.05) is 24.9 Å². The lowest BCUT2D eigenvalue weighted by atomic mass is 9.87. The Morgan fingerprint density at radius 1 is 1.19 bits per heavy atom. The summed E-state index contributed by atoms with van der Waals surface area (Å²) in [7, 11) is 0. The number of carbonyl (C=O) groups excluding carboxylic acids is 1. The van der Waals surface area contributed by atoms with Gasteiger partial charge in [-0.3, -0.25) is 9.59 Å². The molecule has 1 aromatic carbocycles. The number of Topliss-reactive ketones (excluding diaryl/α,β-unsaturated/α-hetero) is 1. The third kappa shape index (κ3) is 3.13. The zero-order chi connectivity index (χ0) is 15.7. The van der Waals surface area contributed by atoms with E-state index in [0.717, 1.165) is 17.5 Å². The van der Waals surface area contributed by atoms with Gasteiger partial charge in [0.15, 0.2) is 5.78 Å². The van der Waals surface area contributed by atoms with Crippen LogP contribution < -0.4 is 0 Å². The van der Waals surface area contributed by atoms with E-state index >= 15 is 0 Å². The maximum Gasteiger partial charge on any atom is 0.307 e. The molecule has 0 saturated heterocycles. The summed E-state index contributed by atoms with van der Waals surface area (Å²) in [4.78, 5) is 24.2. The molecule has 1 N–H and O–H groups in total. The number of aryl methyl sites for hydroxylation is 2. The highest BCUT2D eigenvalue weighted by Crippen LogP contribution is 2.41. The molecular formula is C17H21ClO3. The molecule has 0 aliphatic heterocycles. The van der Waals surface area contributed by atoms with Crippen molar-refractivity contribution in [1.29, 1.82) is 0 Å². The molecule has 0 spiro atoms. The molecule has 4 heteroatoms. The zero-order valence-corrected chi connectivity index (χ0v) is 13.4. The smallest absolute Gasteiger partial charge is 0.307 e. The number of benzene rings is 1. The van der Waals surface area contributed by atoms with Crippen molar-refractivity contribution in [2.75, 3.05) is 0 Å². The molecule has 114 valence electrons.